The van der Waals surface area contributed by atoms with Gasteiger partial charge in [-0.25, -0.2) is 4.98 Å². The van der Waals surface area contributed by atoms with Gasteiger partial charge in [-0.1, -0.05) is 11.6 Å². The molecule has 0 aliphatic carbocycles. The second kappa shape index (κ2) is 4.99. The number of aryl methyl sites for hydroxylation is 1. The van der Waals surface area contributed by atoms with E-state index in [0.29, 0.717) is 5.15 Å². The van der Waals surface area contributed by atoms with Crippen molar-refractivity contribution >= 4 is 22.9 Å². The van der Waals surface area contributed by atoms with Crippen LogP contribution in [0.4, 0.5) is 0 Å². The van der Waals surface area contributed by atoms with Crippen LogP contribution in [0, 0.1) is 6.92 Å². The highest BCUT2D eigenvalue weighted by Gasteiger charge is 2.04. The summed E-state index contributed by atoms with van der Waals surface area (Å²) < 4.78 is 1.88. The molecule has 0 amide bonds. The van der Waals surface area contributed by atoms with Crippen molar-refractivity contribution in [3.63, 3.8) is 0 Å². The van der Waals surface area contributed by atoms with Crippen molar-refractivity contribution in [1.29, 1.82) is 0 Å². The Morgan fingerprint density at radius 1 is 1.44 bits per heavy atom. The minimum atomic E-state index is 0.670. The van der Waals surface area contributed by atoms with Crippen molar-refractivity contribution in [3.8, 4) is 0 Å². The third kappa shape index (κ3) is 2.45. The molecule has 0 radical (unpaired) electrons. The molecule has 3 nitrogen and oxygen atoms in total. The monoisotopic (exact) mass is 255 g/mol. The fourth-order valence-electron chi connectivity index (χ4n) is 1.47. The fourth-order valence-corrected chi connectivity index (χ4v) is 2.47. The molecule has 0 unspecified atom stereocenters. The maximum atomic E-state index is 5.91. The zero-order valence-electron chi connectivity index (χ0n) is 9.33. The zero-order valence-corrected chi connectivity index (χ0v) is 10.9. The second-order valence-electron chi connectivity index (χ2n) is 3.74. The van der Waals surface area contributed by atoms with Crippen molar-refractivity contribution in [2.45, 2.75) is 20.0 Å². The van der Waals surface area contributed by atoms with Gasteiger partial charge in [0.05, 0.1) is 12.7 Å². The summed E-state index contributed by atoms with van der Waals surface area (Å²) in [5.41, 5.74) is 2.70. The lowest BCUT2D eigenvalue weighted by molar-refractivity contribution is 0.638. The Kier molecular flexibility index (Phi) is 3.63. The summed E-state index contributed by atoms with van der Waals surface area (Å²) in [6, 6.07) is 0. The molecule has 0 spiro atoms. The molecule has 1 N–H and O–H groups in total. The first kappa shape index (κ1) is 11.6. The van der Waals surface area contributed by atoms with Crippen LogP contribution in [-0.2, 0) is 20.1 Å². The topological polar surface area (TPSA) is 29.9 Å². The third-order valence-corrected chi connectivity index (χ3v) is 3.85. The van der Waals surface area contributed by atoms with Crippen molar-refractivity contribution in [2.75, 3.05) is 0 Å². The van der Waals surface area contributed by atoms with Gasteiger partial charge in [0.2, 0.25) is 0 Å². The number of nitrogens with one attached hydrogen (secondary N) is 1. The highest BCUT2D eigenvalue weighted by atomic mass is 35.5. The quantitative estimate of drug-likeness (QED) is 0.911. The van der Waals surface area contributed by atoms with Crippen LogP contribution in [0.2, 0.25) is 5.15 Å². The number of hydrogen-bond acceptors (Lipinski definition) is 3. The number of imidazole rings is 1. The molecule has 2 aromatic rings. The first-order valence-corrected chi connectivity index (χ1v) is 6.39. The van der Waals surface area contributed by atoms with E-state index in [4.69, 9.17) is 11.6 Å². The summed E-state index contributed by atoms with van der Waals surface area (Å²) in [5, 5.41) is 8.37. The van der Waals surface area contributed by atoms with Crippen LogP contribution in [0.5, 0.6) is 0 Å². The van der Waals surface area contributed by atoms with Crippen LogP contribution in [0.25, 0.3) is 0 Å². The van der Waals surface area contributed by atoms with Gasteiger partial charge in [0, 0.05) is 13.6 Å². The van der Waals surface area contributed by atoms with E-state index >= 15 is 0 Å². The lowest BCUT2D eigenvalue weighted by Crippen LogP contribution is -2.15. The lowest BCUT2D eigenvalue weighted by atomic mass is 10.2. The Morgan fingerprint density at radius 2 is 2.25 bits per heavy atom. The molecule has 16 heavy (non-hydrogen) atoms. The Hall–Kier alpha value is -0.840. The van der Waals surface area contributed by atoms with Crippen LogP contribution in [0.3, 0.4) is 0 Å². The Labute approximate surface area is 104 Å². The van der Waals surface area contributed by atoms with E-state index < -0.39 is 0 Å². The molecule has 0 fully saturated rings. The Balaban J connectivity index is 1.89. The van der Waals surface area contributed by atoms with Gasteiger partial charge in [-0.05, 0) is 28.8 Å². The summed E-state index contributed by atoms with van der Waals surface area (Å²) in [4.78, 5) is 4.23. The van der Waals surface area contributed by atoms with E-state index in [1.807, 2.05) is 11.6 Å². The fraction of sp³-hybridized carbons (Fsp3) is 0.364. The molecular formula is C11H14ClN3S. The summed E-state index contributed by atoms with van der Waals surface area (Å²) in [6.07, 6.45) is 1.68. The van der Waals surface area contributed by atoms with Gasteiger partial charge in [0.15, 0.2) is 0 Å². The van der Waals surface area contributed by atoms with Crippen LogP contribution < -0.4 is 5.32 Å². The van der Waals surface area contributed by atoms with Crippen LogP contribution in [0.1, 0.15) is 17.0 Å². The Bertz CT molecular complexity index is 475. The average Bonchev–Trinajstić information content (AvgIpc) is 2.80. The summed E-state index contributed by atoms with van der Waals surface area (Å²) in [7, 11) is 1.92. The number of hydrogen-bond donors (Lipinski definition) is 1. The molecule has 86 valence electrons. The first-order valence-electron chi connectivity index (χ1n) is 5.07. The molecule has 0 aliphatic rings. The van der Waals surface area contributed by atoms with Gasteiger partial charge >= 0.3 is 0 Å². The van der Waals surface area contributed by atoms with Crippen molar-refractivity contribution < 1.29 is 0 Å². The maximum Gasteiger partial charge on any atom is 0.128 e. The molecule has 0 saturated heterocycles. The van der Waals surface area contributed by atoms with E-state index in [9.17, 15) is 0 Å². The molecule has 0 saturated carbocycles. The van der Waals surface area contributed by atoms with E-state index in [1.54, 1.807) is 17.5 Å². The molecule has 2 aromatic heterocycles. The minimum absolute atomic E-state index is 0.670. The molecular weight excluding hydrogens is 242 g/mol. The third-order valence-electron chi connectivity index (χ3n) is 2.59. The zero-order chi connectivity index (χ0) is 11.5. The van der Waals surface area contributed by atoms with E-state index in [0.717, 1.165) is 18.9 Å². The first-order chi connectivity index (χ1) is 7.68. The average molecular weight is 256 g/mol. The molecule has 2 rings (SSSR count). The van der Waals surface area contributed by atoms with Gasteiger partial charge in [0.1, 0.15) is 11.0 Å². The lowest BCUT2D eigenvalue weighted by Gasteiger charge is -2.05. The summed E-state index contributed by atoms with van der Waals surface area (Å²) in [6.45, 7) is 3.74. The second-order valence-corrected chi connectivity index (χ2v) is 4.87. The van der Waals surface area contributed by atoms with Crippen LogP contribution >= 0.6 is 22.9 Å². The molecule has 0 aliphatic heterocycles. The van der Waals surface area contributed by atoms with E-state index in [-0.39, 0.29) is 0 Å². The Morgan fingerprint density at radius 3 is 2.81 bits per heavy atom. The highest BCUT2D eigenvalue weighted by Crippen LogP contribution is 2.13. The van der Waals surface area contributed by atoms with Gasteiger partial charge in [-0.15, -0.1) is 0 Å². The van der Waals surface area contributed by atoms with Gasteiger partial charge in [-0.3, -0.25) is 0 Å². The highest BCUT2D eigenvalue weighted by molar-refractivity contribution is 7.08. The molecule has 0 atom stereocenters. The summed E-state index contributed by atoms with van der Waals surface area (Å²) >= 11 is 7.65. The van der Waals surface area contributed by atoms with Crippen molar-refractivity contribution in [2.24, 2.45) is 7.05 Å². The number of thiophene rings is 1. The van der Waals surface area contributed by atoms with Crippen LogP contribution in [-0.4, -0.2) is 9.55 Å². The minimum Gasteiger partial charge on any atom is -0.321 e. The molecule has 5 heteroatoms. The molecule has 0 aromatic carbocycles. The number of aromatic nitrogens is 2. The van der Waals surface area contributed by atoms with Crippen molar-refractivity contribution in [3.05, 3.63) is 39.1 Å². The van der Waals surface area contributed by atoms with E-state index in [2.05, 4.69) is 28.0 Å². The summed E-state index contributed by atoms with van der Waals surface area (Å²) in [5.74, 6) is 0.956. The van der Waals surface area contributed by atoms with Gasteiger partial charge in [-0.2, -0.15) is 11.3 Å². The normalized spacial score (nSPS) is 10.9. The SMILES string of the molecule is Cc1cscc1CNCc1ncc(Cl)n1C. The molecule has 0 bridgehead atoms. The van der Waals surface area contributed by atoms with E-state index in [1.165, 1.54) is 11.1 Å². The van der Waals surface area contributed by atoms with Gasteiger partial charge < -0.3 is 9.88 Å². The van der Waals surface area contributed by atoms with Gasteiger partial charge in [0.25, 0.3) is 0 Å². The maximum absolute atomic E-state index is 5.91. The molecule has 2 heterocycles. The van der Waals surface area contributed by atoms with Crippen molar-refractivity contribution in [1.82, 2.24) is 14.9 Å². The number of halogens is 1. The standard InChI is InChI=1S/C11H14ClN3S/c1-8-6-16-7-9(8)3-13-5-11-14-4-10(12)15(11)2/h4,6-7,13H,3,5H2,1-2H3. The van der Waals surface area contributed by atoms with Crippen LogP contribution in [0.15, 0.2) is 17.0 Å². The largest absolute Gasteiger partial charge is 0.321 e. The predicted molar refractivity (Wildman–Crippen MR) is 67.8 cm³/mol. The number of nitrogens with zero attached hydrogens (tertiary/aromatic N) is 2. The predicted octanol–water partition coefficient (Wildman–Crippen LogP) is 2.73. The smallest absolute Gasteiger partial charge is 0.128 e. The number of rotatable bonds is 4.